The van der Waals surface area contributed by atoms with Crippen LogP contribution in [0.5, 0.6) is 0 Å². The van der Waals surface area contributed by atoms with Crippen LogP contribution in [0.25, 0.3) is 0 Å². The summed E-state index contributed by atoms with van der Waals surface area (Å²) in [6, 6.07) is 6.41. The van der Waals surface area contributed by atoms with Gasteiger partial charge in [-0.1, -0.05) is 31.0 Å². The summed E-state index contributed by atoms with van der Waals surface area (Å²) < 4.78 is 0. The van der Waals surface area contributed by atoms with E-state index >= 15 is 0 Å². The Hall–Kier alpha value is -1.31. The topological polar surface area (TPSA) is 43.1 Å². The highest BCUT2D eigenvalue weighted by Crippen LogP contribution is 2.40. The van der Waals surface area contributed by atoms with Crippen molar-refractivity contribution in [3.8, 4) is 0 Å². The largest absolute Gasteiger partial charge is 0.370 e. The Morgan fingerprint density at radius 1 is 1.33 bits per heavy atom. The number of benzene rings is 1. The number of hydrogen-bond acceptors (Lipinski definition) is 1. The number of amides is 1. The fourth-order valence-corrected chi connectivity index (χ4v) is 3.28. The number of primary amides is 1. The zero-order valence-corrected chi connectivity index (χ0v) is 11.4. The van der Waals surface area contributed by atoms with Crippen LogP contribution in [0.3, 0.4) is 0 Å². The summed E-state index contributed by atoms with van der Waals surface area (Å²) >= 11 is 0. The molecule has 0 saturated heterocycles. The molecule has 1 aliphatic carbocycles. The predicted molar refractivity (Wildman–Crippen MR) is 74.4 cm³/mol. The molecule has 2 nitrogen and oxygen atoms in total. The molecule has 0 bridgehead atoms. The van der Waals surface area contributed by atoms with Crippen molar-refractivity contribution in [2.75, 3.05) is 0 Å². The Balaban J connectivity index is 2.32. The minimum Gasteiger partial charge on any atom is -0.370 e. The van der Waals surface area contributed by atoms with E-state index in [-0.39, 0.29) is 5.91 Å². The highest BCUT2D eigenvalue weighted by atomic mass is 16.1. The van der Waals surface area contributed by atoms with Gasteiger partial charge in [-0.3, -0.25) is 4.79 Å². The van der Waals surface area contributed by atoms with Gasteiger partial charge in [-0.05, 0) is 55.2 Å². The molecule has 1 aromatic carbocycles. The smallest absolute Gasteiger partial charge is 0.218 e. The van der Waals surface area contributed by atoms with E-state index in [0.29, 0.717) is 18.3 Å². The molecule has 1 amide bonds. The minimum absolute atomic E-state index is 0.173. The zero-order valence-electron chi connectivity index (χ0n) is 11.4. The molecule has 0 heterocycles. The molecular weight excluding hydrogens is 222 g/mol. The van der Waals surface area contributed by atoms with Crippen LogP contribution >= 0.6 is 0 Å². The number of nitrogens with two attached hydrogens (primary N) is 1. The summed E-state index contributed by atoms with van der Waals surface area (Å²) in [5, 5.41) is 0. The van der Waals surface area contributed by atoms with Crippen LogP contribution in [0.2, 0.25) is 0 Å². The molecule has 0 aromatic heterocycles. The van der Waals surface area contributed by atoms with Crippen molar-refractivity contribution >= 4 is 5.91 Å². The molecule has 1 fully saturated rings. The average molecular weight is 245 g/mol. The first-order chi connectivity index (χ1) is 8.59. The molecule has 18 heavy (non-hydrogen) atoms. The number of hydrogen-bond donors (Lipinski definition) is 1. The summed E-state index contributed by atoms with van der Waals surface area (Å²) in [5.74, 6) is 0.788. The molecule has 2 rings (SSSR count). The van der Waals surface area contributed by atoms with Gasteiger partial charge in [-0.25, -0.2) is 0 Å². The SMILES string of the molecule is Cc1cccc(C(CC(N)=O)C2CCCC2)c1C. The average Bonchev–Trinajstić information content (AvgIpc) is 2.83. The molecule has 1 aliphatic rings. The lowest BCUT2D eigenvalue weighted by Crippen LogP contribution is -2.20. The fraction of sp³-hybridized carbons (Fsp3) is 0.562. The van der Waals surface area contributed by atoms with E-state index in [1.54, 1.807) is 0 Å². The van der Waals surface area contributed by atoms with E-state index in [4.69, 9.17) is 5.73 Å². The molecule has 2 N–H and O–H groups in total. The van der Waals surface area contributed by atoms with Gasteiger partial charge in [0.1, 0.15) is 0 Å². The zero-order chi connectivity index (χ0) is 13.1. The van der Waals surface area contributed by atoms with Crippen LogP contribution in [-0.2, 0) is 4.79 Å². The van der Waals surface area contributed by atoms with Gasteiger partial charge in [0, 0.05) is 6.42 Å². The van der Waals surface area contributed by atoms with E-state index in [2.05, 4.69) is 32.0 Å². The molecule has 2 heteroatoms. The van der Waals surface area contributed by atoms with E-state index in [1.165, 1.54) is 42.4 Å². The minimum atomic E-state index is -0.173. The van der Waals surface area contributed by atoms with Crippen LogP contribution < -0.4 is 5.73 Å². The van der Waals surface area contributed by atoms with Gasteiger partial charge >= 0.3 is 0 Å². The number of carbonyl (C=O) groups is 1. The Morgan fingerprint density at radius 3 is 2.61 bits per heavy atom. The second-order valence-corrected chi connectivity index (χ2v) is 5.61. The van der Waals surface area contributed by atoms with Crippen LogP contribution in [0.1, 0.15) is 54.7 Å². The highest BCUT2D eigenvalue weighted by Gasteiger charge is 2.28. The van der Waals surface area contributed by atoms with E-state index in [1.807, 2.05) is 0 Å². The van der Waals surface area contributed by atoms with Gasteiger partial charge in [-0.15, -0.1) is 0 Å². The molecule has 1 atom stereocenters. The second-order valence-electron chi connectivity index (χ2n) is 5.61. The third-order valence-corrected chi connectivity index (χ3v) is 4.44. The maximum absolute atomic E-state index is 11.4. The predicted octanol–water partition coefficient (Wildman–Crippen LogP) is 3.45. The third-order valence-electron chi connectivity index (χ3n) is 4.44. The maximum atomic E-state index is 11.4. The maximum Gasteiger partial charge on any atom is 0.218 e. The molecule has 1 aromatic rings. The van der Waals surface area contributed by atoms with E-state index in [9.17, 15) is 4.79 Å². The molecule has 0 spiro atoms. The monoisotopic (exact) mass is 245 g/mol. The normalized spacial score (nSPS) is 17.9. The molecule has 1 unspecified atom stereocenters. The summed E-state index contributed by atoms with van der Waals surface area (Å²) in [5.41, 5.74) is 9.42. The van der Waals surface area contributed by atoms with Gasteiger partial charge in [-0.2, -0.15) is 0 Å². The van der Waals surface area contributed by atoms with Crippen LogP contribution in [0.4, 0.5) is 0 Å². The van der Waals surface area contributed by atoms with Crippen molar-refractivity contribution in [1.29, 1.82) is 0 Å². The summed E-state index contributed by atoms with van der Waals surface area (Å²) in [4.78, 5) is 11.4. The Kier molecular flexibility index (Phi) is 4.05. The van der Waals surface area contributed by atoms with Crippen LogP contribution in [-0.4, -0.2) is 5.91 Å². The van der Waals surface area contributed by atoms with Crippen molar-refractivity contribution in [1.82, 2.24) is 0 Å². The first kappa shape index (κ1) is 13.1. The van der Waals surface area contributed by atoms with E-state index < -0.39 is 0 Å². The van der Waals surface area contributed by atoms with Crippen molar-refractivity contribution < 1.29 is 4.79 Å². The van der Waals surface area contributed by atoms with Gasteiger partial charge in [0.25, 0.3) is 0 Å². The molecule has 0 radical (unpaired) electrons. The lowest BCUT2D eigenvalue weighted by atomic mass is 9.80. The first-order valence-corrected chi connectivity index (χ1v) is 6.94. The van der Waals surface area contributed by atoms with Gasteiger partial charge in [0.15, 0.2) is 0 Å². The van der Waals surface area contributed by atoms with Crippen LogP contribution in [0, 0.1) is 19.8 Å². The van der Waals surface area contributed by atoms with Gasteiger partial charge in [0.2, 0.25) is 5.91 Å². The molecular formula is C16H23NO. The van der Waals surface area contributed by atoms with Crippen molar-refractivity contribution in [3.63, 3.8) is 0 Å². The summed E-state index contributed by atoms with van der Waals surface area (Å²) in [6.45, 7) is 4.29. The molecule has 98 valence electrons. The Morgan fingerprint density at radius 2 is 2.00 bits per heavy atom. The quantitative estimate of drug-likeness (QED) is 0.867. The Labute approximate surface area is 110 Å². The lowest BCUT2D eigenvalue weighted by molar-refractivity contribution is -0.118. The first-order valence-electron chi connectivity index (χ1n) is 6.94. The summed E-state index contributed by atoms with van der Waals surface area (Å²) in [6.07, 6.45) is 5.57. The Bertz CT molecular complexity index is 433. The van der Waals surface area contributed by atoms with Crippen molar-refractivity contribution in [2.24, 2.45) is 11.7 Å². The van der Waals surface area contributed by atoms with E-state index in [0.717, 1.165) is 0 Å². The summed E-state index contributed by atoms with van der Waals surface area (Å²) in [7, 11) is 0. The van der Waals surface area contributed by atoms with Gasteiger partial charge in [0.05, 0.1) is 0 Å². The highest BCUT2D eigenvalue weighted by molar-refractivity contribution is 5.75. The second kappa shape index (κ2) is 5.55. The standard InChI is InChI=1S/C16H23NO/c1-11-6-5-9-14(12(11)2)15(10-16(17)18)13-7-3-4-8-13/h5-6,9,13,15H,3-4,7-8,10H2,1-2H3,(H2,17,18). The fourth-order valence-electron chi connectivity index (χ4n) is 3.28. The van der Waals surface area contributed by atoms with Crippen molar-refractivity contribution in [3.05, 3.63) is 34.9 Å². The number of carbonyl (C=O) groups excluding carboxylic acids is 1. The molecule has 1 saturated carbocycles. The van der Waals surface area contributed by atoms with Crippen LogP contribution in [0.15, 0.2) is 18.2 Å². The van der Waals surface area contributed by atoms with Crippen molar-refractivity contribution in [2.45, 2.75) is 51.9 Å². The number of rotatable bonds is 4. The number of aryl methyl sites for hydroxylation is 1. The van der Waals surface area contributed by atoms with Gasteiger partial charge < -0.3 is 5.73 Å². The third kappa shape index (κ3) is 2.74. The lowest BCUT2D eigenvalue weighted by Gasteiger charge is -2.25. The molecule has 0 aliphatic heterocycles.